The summed E-state index contributed by atoms with van der Waals surface area (Å²) in [4.78, 5) is 0. The van der Waals surface area contributed by atoms with Crippen molar-refractivity contribution in [2.75, 3.05) is 0 Å². The molecule has 2 aromatic carbocycles. The van der Waals surface area contributed by atoms with Crippen LogP contribution in [0.4, 0.5) is 0 Å². The Morgan fingerprint density at radius 3 is 2.48 bits per heavy atom. The summed E-state index contributed by atoms with van der Waals surface area (Å²) in [5.74, 6) is 0. The smallest absolute Gasteiger partial charge is 0.0178 e. The Hall–Kier alpha value is -2.08. The summed E-state index contributed by atoms with van der Waals surface area (Å²) >= 11 is 0. The molecule has 0 atom stereocenters. The third-order valence-electron chi connectivity index (χ3n) is 3.59. The average Bonchev–Trinajstić information content (AvgIpc) is 2.53. The minimum atomic E-state index is 1.11. The van der Waals surface area contributed by atoms with Gasteiger partial charge in [0.25, 0.3) is 0 Å². The first kappa shape index (κ1) is 15.3. The molecule has 0 bridgehead atoms. The third kappa shape index (κ3) is 4.75. The molecule has 0 aromatic heterocycles. The van der Waals surface area contributed by atoms with E-state index in [1.165, 1.54) is 21.9 Å². The first-order chi connectivity index (χ1) is 10.3. The van der Waals surface area contributed by atoms with E-state index in [9.17, 15) is 0 Å². The highest BCUT2D eigenvalue weighted by Gasteiger charge is 1.97. The fourth-order valence-corrected chi connectivity index (χ4v) is 2.32. The maximum Gasteiger partial charge on any atom is -0.0178 e. The summed E-state index contributed by atoms with van der Waals surface area (Å²) in [7, 11) is 0. The van der Waals surface area contributed by atoms with Gasteiger partial charge in [0, 0.05) is 0 Å². The number of benzene rings is 2. The molecule has 0 heteroatoms. The van der Waals surface area contributed by atoms with Crippen molar-refractivity contribution in [3.05, 3.63) is 78.4 Å². The van der Waals surface area contributed by atoms with Gasteiger partial charge in [-0.3, -0.25) is 0 Å². The molecule has 0 nitrogen and oxygen atoms in total. The van der Waals surface area contributed by atoms with E-state index in [0.717, 1.165) is 19.3 Å². The molecule has 2 rings (SSSR count). The van der Waals surface area contributed by atoms with Crippen LogP contribution in [0.25, 0.3) is 16.3 Å². The second-order valence-corrected chi connectivity index (χ2v) is 5.30. The maximum absolute atomic E-state index is 2.26. The lowest BCUT2D eigenvalue weighted by atomic mass is 10.0. The molecule has 0 unspecified atom stereocenters. The second kappa shape index (κ2) is 8.26. The van der Waals surface area contributed by atoms with Crippen molar-refractivity contribution in [2.24, 2.45) is 0 Å². The van der Waals surface area contributed by atoms with Crippen LogP contribution >= 0.6 is 0 Å². The van der Waals surface area contributed by atoms with Gasteiger partial charge in [-0.1, -0.05) is 73.7 Å². The highest BCUT2D eigenvalue weighted by Crippen LogP contribution is 2.20. The Labute approximate surface area is 128 Å². The van der Waals surface area contributed by atoms with Crippen molar-refractivity contribution in [1.82, 2.24) is 0 Å². The highest BCUT2D eigenvalue weighted by atomic mass is 14.0. The minimum absolute atomic E-state index is 1.11. The zero-order valence-electron chi connectivity index (χ0n) is 13.0. The molecule has 21 heavy (non-hydrogen) atoms. The predicted molar refractivity (Wildman–Crippen MR) is 95.4 cm³/mol. The minimum Gasteiger partial charge on any atom is -0.0888 e. The molecule has 108 valence electrons. The van der Waals surface area contributed by atoms with Gasteiger partial charge in [0.05, 0.1) is 0 Å². The lowest BCUT2D eigenvalue weighted by molar-refractivity contribution is 1.04. The molecule has 0 fully saturated rings. The normalized spacial score (nSPS) is 12.8. The van der Waals surface area contributed by atoms with Gasteiger partial charge in [0.1, 0.15) is 0 Å². The van der Waals surface area contributed by atoms with Crippen molar-refractivity contribution < 1.29 is 0 Å². The molecule has 0 heterocycles. The van der Waals surface area contributed by atoms with E-state index in [2.05, 4.69) is 86.7 Å². The Morgan fingerprint density at radius 2 is 1.67 bits per heavy atom. The van der Waals surface area contributed by atoms with Gasteiger partial charge in [0.15, 0.2) is 0 Å². The average molecular weight is 276 g/mol. The largest absolute Gasteiger partial charge is 0.0888 e. The monoisotopic (exact) mass is 276 g/mol. The van der Waals surface area contributed by atoms with Crippen molar-refractivity contribution in [2.45, 2.75) is 33.1 Å². The zero-order valence-corrected chi connectivity index (χ0v) is 13.0. The van der Waals surface area contributed by atoms with Crippen LogP contribution in [0, 0.1) is 0 Å². The number of hydrogen-bond donors (Lipinski definition) is 0. The van der Waals surface area contributed by atoms with E-state index < -0.39 is 0 Å². The van der Waals surface area contributed by atoms with Gasteiger partial charge in [-0.05, 0) is 54.2 Å². The molecule has 2 aromatic rings. The number of hydrogen-bond acceptors (Lipinski definition) is 0. The van der Waals surface area contributed by atoms with Crippen LogP contribution in [0.1, 0.15) is 38.7 Å². The van der Waals surface area contributed by atoms with Crippen LogP contribution in [0.3, 0.4) is 0 Å². The van der Waals surface area contributed by atoms with Gasteiger partial charge < -0.3 is 0 Å². The van der Waals surface area contributed by atoms with Gasteiger partial charge in [0.2, 0.25) is 0 Å². The molecular formula is C21H24. The Balaban J connectivity index is 2.00. The Bertz CT molecular complexity index is 657. The van der Waals surface area contributed by atoms with Gasteiger partial charge in [-0.25, -0.2) is 0 Å². The van der Waals surface area contributed by atoms with Crippen LogP contribution in [-0.4, -0.2) is 0 Å². The summed E-state index contributed by atoms with van der Waals surface area (Å²) in [5.41, 5.74) is 2.60. The quantitative estimate of drug-likeness (QED) is 0.319. The summed E-state index contributed by atoms with van der Waals surface area (Å²) < 4.78 is 0. The SMILES string of the molecule is CC/C=C\CC/C=C/C=C(C)c1ccc2ccccc2c1. The molecule has 0 N–H and O–H groups in total. The van der Waals surface area contributed by atoms with Gasteiger partial charge in [-0.2, -0.15) is 0 Å². The van der Waals surface area contributed by atoms with E-state index >= 15 is 0 Å². The standard InChI is InChI=1S/C21H24/c1-3-4-5-6-7-8-9-12-18(2)20-16-15-19-13-10-11-14-21(19)17-20/h4-5,8-17H,3,6-7H2,1-2H3/b5-4-,9-8+,18-12?. The topological polar surface area (TPSA) is 0 Å². The zero-order chi connectivity index (χ0) is 14.9. The van der Waals surface area contributed by atoms with Crippen LogP contribution in [0.15, 0.2) is 72.8 Å². The van der Waals surface area contributed by atoms with Crippen molar-refractivity contribution in [1.29, 1.82) is 0 Å². The van der Waals surface area contributed by atoms with Crippen molar-refractivity contribution in [3.8, 4) is 0 Å². The van der Waals surface area contributed by atoms with E-state index in [0.29, 0.717) is 0 Å². The highest BCUT2D eigenvalue weighted by molar-refractivity contribution is 5.86. The van der Waals surface area contributed by atoms with Gasteiger partial charge in [-0.15, -0.1) is 0 Å². The number of rotatable bonds is 6. The number of unbranched alkanes of at least 4 members (excludes halogenated alkanes) is 1. The molecule has 0 aliphatic carbocycles. The lowest BCUT2D eigenvalue weighted by Gasteiger charge is -2.03. The van der Waals surface area contributed by atoms with Crippen LogP contribution in [0.5, 0.6) is 0 Å². The van der Waals surface area contributed by atoms with E-state index in [1.54, 1.807) is 0 Å². The third-order valence-corrected chi connectivity index (χ3v) is 3.59. The maximum atomic E-state index is 2.26. The fraction of sp³-hybridized carbons (Fsp3) is 0.238. The van der Waals surface area contributed by atoms with Crippen molar-refractivity contribution in [3.63, 3.8) is 0 Å². The molecule has 0 amide bonds. The van der Waals surface area contributed by atoms with E-state index in [1.807, 2.05) is 0 Å². The summed E-state index contributed by atoms with van der Waals surface area (Å²) in [6.45, 7) is 4.34. The fourth-order valence-electron chi connectivity index (χ4n) is 2.32. The molecule has 0 spiro atoms. The van der Waals surface area contributed by atoms with Crippen molar-refractivity contribution >= 4 is 16.3 Å². The van der Waals surface area contributed by atoms with Crippen LogP contribution in [-0.2, 0) is 0 Å². The molecule has 0 aliphatic rings. The summed E-state index contributed by atoms with van der Waals surface area (Å²) in [6, 6.07) is 15.2. The number of allylic oxidation sites excluding steroid dienone is 6. The predicted octanol–water partition coefficient (Wildman–Crippen LogP) is 6.55. The first-order valence-corrected chi connectivity index (χ1v) is 7.79. The molecule has 0 saturated carbocycles. The lowest BCUT2D eigenvalue weighted by Crippen LogP contribution is -1.80. The van der Waals surface area contributed by atoms with Crippen LogP contribution in [0.2, 0.25) is 0 Å². The number of fused-ring (bicyclic) bond motifs is 1. The van der Waals surface area contributed by atoms with E-state index in [4.69, 9.17) is 0 Å². The molecule has 0 aliphatic heterocycles. The van der Waals surface area contributed by atoms with Crippen LogP contribution < -0.4 is 0 Å². The molecule has 0 radical (unpaired) electrons. The first-order valence-electron chi connectivity index (χ1n) is 7.79. The summed E-state index contributed by atoms with van der Waals surface area (Å²) in [5, 5.41) is 2.60. The Morgan fingerprint density at radius 1 is 0.905 bits per heavy atom. The molecule has 0 saturated heterocycles. The second-order valence-electron chi connectivity index (χ2n) is 5.30. The van der Waals surface area contributed by atoms with E-state index in [-0.39, 0.29) is 0 Å². The van der Waals surface area contributed by atoms with Gasteiger partial charge >= 0.3 is 0 Å². The molecular weight excluding hydrogens is 252 g/mol. The summed E-state index contributed by atoms with van der Waals surface area (Å²) in [6.07, 6.45) is 14.5. The Kier molecular flexibility index (Phi) is 6.02.